The van der Waals surface area contributed by atoms with E-state index in [-0.39, 0.29) is 16.3 Å². The highest BCUT2D eigenvalue weighted by Gasteiger charge is 2.18. The SMILES string of the molecule is Cc1ccc(F)cc1NS(=O)(=O)c1cnccc1N. The summed E-state index contributed by atoms with van der Waals surface area (Å²) in [6.07, 6.45) is 2.54. The van der Waals surface area contributed by atoms with Crippen LogP contribution in [0.4, 0.5) is 15.8 Å². The molecule has 1 heterocycles. The third-order valence-electron chi connectivity index (χ3n) is 2.55. The van der Waals surface area contributed by atoms with Crippen LogP contribution in [0.5, 0.6) is 0 Å². The van der Waals surface area contributed by atoms with Crippen LogP contribution in [0.1, 0.15) is 5.56 Å². The fraction of sp³-hybridized carbons (Fsp3) is 0.0833. The van der Waals surface area contributed by atoms with Gasteiger partial charge in [-0.3, -0.25) is 9.71 Å². The first-order chi connectivity index (χ1) is 8.90. The van der Waals surface area contributed by atoms with Gasteiger partial charge in [-0.15, -0.1) is 0 Å². The largest absolute Gasteiger partial charge is 0.398 e. The van der Waals surface area contributed by atoms with Gasteiger partial charge in [0.1, 0.15) is 10.7 Å². The Hall–Kier alpha value is -2.15. The van der Waals surface area contributed by atoms with Crippen molar-refractivity contribution in [2.45, 2.75) is 11.8 Å². The van der Waals surface area contributed by atoms with Gasteiger partial charge in [0.2, 0.25) is 0 Å². The molecule has 1 aromatic carbocycles. The number of hydrogen-bond acceptors (Lipinski definition) is 4. The lowest BCUT2D eigenvalue weighted by Gasteiger charge is -2.11. The lowest BCUT2D eigenvalue weighted by molar-refractivity contribution is 0.601. The van der Waals surface area contributed by atoms with E-state index in [9.17, 15) is 12.8 Å². The number of aromatic nitrogens is 1. The van der Waals surface area contributed by atoms with Gasteiger partial charge in [0, 0.05) is 12.4 Å². The van der Waals surface area contributed by atoms with Gasteiger partial charge in [0.05, 0.1) is 11.4 Å². The lowest BCUT2D eigenvalue weighted by atomic mass is 10.2. The monoisotopic (exact) mass is 281 g/mol. The molecule has 0 atom stereocenters. The molecule has 100 valence electrons. The van der Waals surface area contributed by atoms with Crippen molar-refractivity contribution < 1.29 is 12.8 Å². The second-order valence-corrected chi connectivity index (χ2v) is 5.63. The topological polar surface area (TPSA) is 85.1 Å². The third-order valence-corrected chi connectivity index (χ3v) is 3.96. The predicted molar refractivity (Wildman–Crippen MR) is 70.6 cm³/mol. The van der Waals surface area contributed by atoms with Crippen molar-refractivity contribution in [1.29, 1.82) is 0 Å². The van der Waals surface area contributed by atoms with Crippen LogP contribution in [-0.4, -0.2) is 13.4 Å². The third kappa shape index (κ3) is 2.82. The molecule has 0 amide bonds. The van der Waals surface area contributed by atoms with Gasteiger partial charge in [0.25, 0.3) is 10.0 Å². The molecule has 2 aromatic rings. The molecule has 0 fully saturated rings. The Bertz CT molecular complexity index is 717. The smallest absolute Gasteiger partial charge is 0.265 e. The summed E-state index contributed by atoms with van der Waals surface area (Å²) in [7, 11) is -3.89. The van der Waals surface area contributed by atoms with Gasteiger partial charge in [0.15, 0.2) is 0 Å². The minimum Gasteiger partial charge on any atom is -0.398 e. The maximum Gasteiger partial charge on any atom is 0.265 e. The number of aryl methyl sites for hydroxylation is 1. The van der Waals surface area contributed by atoms with Gasteiger partial charge >= 0.3 is 0 Å². The van der Waals surface area contributed by atoms with Crippen LogP contribution in [-0.2, 0) is 10.0 Å². The molecule has 3 N–H and O–H groups in total. The van der Waals surface area contributed by atoms with E-state index in [1.807, 2.05) is 0 Å². The number of rotatable bonds is 3. The second kappa shape index (κ2) is 4.85. The molecule has 0 bridgehead atoms. The average Bonchev–Trinajstić information content (AvgIpc) is 2.34. The van der Waals surface area contributed by atoms with E-state index in [0.717, 1.165) is 12.3 Å². The highest BCUT2D eigenvalue weighted by atomic mass is 32.2. The molecule has 0 saturated carbocycles. The number of nitrogens with one attached hydrogen (secondary N) is 1. The number of benzene rings is 1. The number of pyridine rings is 1. The molecule has 0 aliphatic heterocycles. The van der Waals surface area contributed by atoms with Crippen LogP contribution in [0, 0.1) is 12.7 Å². The number of sulfonamides is 1. The summed E-state index contributed by atoms with van der Waals surface area (Å²) < 4.78 is 39.7. The Morgan fingerprint density at radius 1 is 1.32 bits per heavy atom. The Morgan fingerprint density at radius 2 is 2.05 bits per heavy atom. The fourth-order valence-electron chi connectivity index (χ4n) is 1.52. The predicted octanol–water partition coefficient (Wildman–Crippen LogP) is 1.91. The summed E-state index contributed by atoms with van der Waals surface area (Å²) in [5.41, 5.74) is 6.45. The van der Waals surface area contributed by atoms with E-state index in [2.05, 4.69) is 9.71 Å². The number of nitrogens with zero attached hydrogens (tertiary/aromatic N) is 1. The number of nitrogens with two attached hydrogens (primary N) is 1. The van der Waals surface area contributed by atoms with Gasteiger partial charge in [-0.2, -0.15) is 0 Å². The highest BCUT2D eigenvalue weighted by molar-refractivity contribution is 7.92. The molecule has 1 aromatic heterocycles. The maximum atomic E-state index is 13.1. The molecule has 7 heteroatoms. The van der Waals surface area contributed by atoms with Gasteiger partial charge in [-0.25, -0.2) is 12.8 Å². The van der Waals surface area contributed by atoms with Crippen LogP contribution in [0.15, 0.2) is 41.6 Å². The van der Waals surface area contributed by atoms with Crippen LogP contribution >= 0.6 is 0 Å². The van der Waals surface area contributed by atoms with E-state index in [4.69, 9.17) is 5.73 Å². The number of hydrogen-bond donors (Lipinski definition) is 2. The van der Waals surface area contributed by atoms with Crippen LogP contribution in [0.25, 0.3) is 0 Å². The average molecular weight is 281 g/mol. The molecule has 5 nitrogen and oxygen atoms in total. The van der Waals surface area contributed by atoms with Crippen molar-refractivity contribution in [1.82, 2.24) is 4.98 Å². The Morgan fingerprint density at radius 3 is 2.74 bits per heavy atom. The normalized spacial score (nSPS) is 11.3. The Balaban J connectivity index is 2.43. The fourth-order valence-corrected chi connectivity index (χ4v) is 2.72. The molecule has 19 heavy (non-hydrogen) atoms. The molecule has 0 aliphatic rings. The van der Waals surface area contributed by atoms with Crippen molar-refractivity contribution in [3.63, 3.8) is 0 Å². The van der Waals surface area contributed by atoms with Crippen molar-refractivity contribution in [3.8, 4) is 0 Å². The molecule has 0 aliphatic carbocycles. The van der Waals surface area contributed by atoms with Crippen molar-refractivity contribution in [3.05, 3.63) is 48.0 Å². The first kappa shape index (κ1) is 13.3. The summed E-state index contributed by atoms with van der Waals surface area (Å²) >= 11 is 0. The van der Waals surface area contributed by atoms with Gasteiger partial charge in [-0.1, -0.05) is 6.07 Å². The molecular formula is C12H12FN3O2S. The second-order valence-electron chi connectivity index (χ2n) is 3.98. The maximum absolute atomic E-state index is 13.1. The van der Waals surface area contributed by atoms with E-state index in [0.29, 0.717) is 5.56 Å². The van der Waals surface area contributed by atoms with Crippen molar-refractivity contribution >= 4 is 21.4 Å². The quantitative estimate of drug-likeness (QED) is 0.900. The molecule has 2 rings (SSSR count). The molecule has 0 radical (unpaired) electrons. The number of anilines is 2. The molecule has 0 saturated heterocycles. The van der Waals surface area contributed by atoms with Gasteiger partial charge < -0.3 is 5.73 Å². The zero-order valence-electron chi connectivity index (χ0n) is 10.1. The van der Waals surface area contributed by atoms with Crippen molar-refractivity contribution in [2.75, 3.05) is 10.5 Å². The van der Waals surface area contributed by atoms with Crippen molar-refractivity contribution in [2.24, 2.45) is 0 Å². The minimum atomic E-state index is -3.89. The zero-order chi connectivity index (χ0) is 14.0. The summed E-state index contributed by atoms with van der Waals surface area (Å²) in [5, 5.41) is 0. The van der Waals surface area contributed by atoms with Crippen LogP contribution in [0.2, 0.25) is 0 Å². The number of nitrogen functional groups attached to an aromatic ring is 1. The minimum absolute atomic E-state index is 0.0801. The van der Waals surface area contributed by atoms with Crippen LogP contribution in [0.3, 0.4) is 0 Å². The summed E-state index contributed by atoms with van der Waals surface area (Å²) in [4.78, 5) is 3.58. The van der Waals surface area contributed by atoms with E-state index in [1.54, 1.807) is 6.92 Å². The first-order valence-corrected chi connectivity index (χ1v) is 6.87. The van der Waals surface area contributed by atoms with Crippen LogP contribution < -0.4 is 10.5 Å². The van der Waals surface area contributed by atoms with E-state index >= 15 is 0 Å². The highest BCUT2D eigenvalue weighted by Crippen LogP contribution is 2.23. The summed E-state index contributed by atoms with van der Waals surface area (Å²) in [5.74, 6) is -0.526. The van der Waals surface area contributed by atoms with E-state index < -0.39 is 15.8 Å². The number of halogens is 1. The van der Waals surface area contributed by atoms with E-state index in [1.165, 1.54) is 24.4 Å². The summed E-state index contributed by atoms with van der Waals surface area (Å²) in [6.45, 7) is 1.67. The molecule has 0 unspecified atom stereocenters. The summed E-state index contributed by atoms with van der Waals surface area (Å²) in [6, 6.07) is 5.23. The van der Waals surface area contributed by atoms with Gasteiger partial charge in [-0.05, 0) is 30.7 Å². The zero-order valence-corrected chi connectivity index (χ0v) is 10.9. The molecular weight excluding hydrogens is 269 g/mol. The first-order valence-electron chi connectivity index (χ1n) is 5.38. The molecule has 0 spiro atoms. The lowest BCUT2D eigenvalue weighted by Crippen LogP contribution is -2.15. The standard InChI is InChI=1S/C12H12FN3O2S/c1-8-2-3-9(13)6-11(8)16-19(17,18)12-7-15-5-4-10(12)14/h2-7,16H,1H3,(H2,14,15). The Labute approximate surface area is 110 Å². The Kier molecular flexibility index (Phi) is 3.39.